The van der Waals surface area contributed by atoms with Gasteiger partial charge in [-0.3, -0.25) is 9.58 Å². The molecule has 0 saturated heterocycles. The van der Waals surface area contributed by atoms with Gasteiger partial charge in [-0.05, 0) is 30.4 Å². The fraction of sp³-hybridized carbons (Fsp3) is 0.533. The number of aromatic nitrogens is 2. The fourth-order valence-corrected chi connectivity index (χ4v) is 2.96. The Bertz CT molecular complexity index is 405. The van der Waals surface area contributed by atoms with Gasteiger partial charge in [-0.25, -0.2) is 0 Å². The average Bonchev–Trinajstić information content (AvgIpc) is 3.12. The first-order valence-corrected chi connectivity index (χ1v) is 8.09. The van der Waals surface area contributed by atoms with E-state index < -0.39 is 0 Å². The second kappa shape index (κ2) is 8.89. The van der Waals surface area contributed by atoms with Gasteiger partial charge in [0.1, 0.15) is 0 Å². The Hall–Kier alpha value is -1.17. The molecule has 0 amide bonds. The molecule has 0 aromatic carbocycles. The molecule has 1 N–H and O–H groups in total. The highest BCUT2D eigenvalue weighted by Gasteiger charge is 2.07. The SMILES string of the molecule is OCCCCCCN(Cc1cccs1)Cn1cccn1. The lowest BCUT2D eigenvalue weighted by atomic mass is 10.2. The highest BCUT2D eigenvalue weighted by atomic mass is 32.1. The first kappa shape index (κ1) is 15.2. The van der Waals surface area contributed by atoms with E-state index in [9.17, 15) is 0 Å². The minimum absolute atomic E-state index is 0.312. The molecule has 0 aliphatic heterocycles. The summed E-state index contributed by atoms with van der Waals surface area (Å²) in [6.07, 6.45) is 8.22. The van der Waals surface area contributed by atoms with E-state index in [-0.39, 0.29) is 0 Å². The number of hydrogen-bond acceptors (Lipinski definition) is 4. The van der Waals surface area contributed by atoms with Crippen LogP contribution < -0.4 is 0 Å². The quantitative estimate of drug-likeness (QED) is 0.685. The van der Waals surface area contributed by atoms with Gasteiger partial charge in [-0.15, -0.1) is 11.3 Å². The van der Waals surface area contributed by atoms with Crippen LogP contribution in [0.3, 0.4) is 0 Å². The Morgan fingerprint density at radius 1 is 1.20 bits per heavy atom. The molecule has 0 saturated carbocycles. The molecule has 0 radical (unpaired) electrons. The second-order valence-corrected chi connectivity index (χ2v) is 5.99. The molecule has 0 unspecified atom stereocenters. The Morgan fingerprint density at radius 3 is 2.80 bits per heavy atom. The van der Waals surface area contributed by atoms with Crippen molar-refractivity contribution in [1.82, 2.24) is 14.7 Å². The van der Waals surface area contributed by atoms with E-state index in [1.54, 1.807) is 11.3 Å². The van der Waals surface area contributed by atoms with Crippen LogP contribution in [0.5, 0.6) is 0 Å². The van der Waals surface area contributed by atoms with Gasteiger partial charge in [-0.1, -0.05) is 18.9 Å². The highest BCUT2D eigenvalue weighted by Crippen LogP contribution is 2.13. The van der Waals surface area contributed by atoms with Crippen molar-refractivity contribution in [3.8, 4) is 0 Å². The zero-order valence-corrected chi connectivity index (χ0v) is 12.6. The average molecular weight is 293 g/mol. The van der Waals surface area contributed by atoms with E-state index in [0.717, 1.165) is 32.6 Å². The summed E-state index contributed by atoms with van der Waals surface area (Å²) < 4.78 is 1.97. The van der Waals surface area contributed by atoms with Gasteiger partial charge in [0.2, 0.25) is 0 Å². The Kier molecular flexibility index (Phi) is 6.77. The van der Waals surface area contributed by atoms with Crippen molar-refractivity contribution < 1.29 is 5.11 Å². The fourth-order valence-electron chi connectivity index (χ4n) is 2.21. The number of aliphatic hydroxyl groups is 1. The predicted octanol–water partition coefficient (Wildman–Crippen LogP) is 2.96. The maximum absolute atomic E-state index is 8.80. The van der Waals surface area contributed by atoms with Crippen LogP contribution in [0.1, 0.15) is 30.6 Å². The number of rotatable bonds is 10. The van der Waals surface area contributed by atoms with Crippen LogP contribution in [0.15, 0.2) is 36.0 Å². The molecule has 0 aliphatic rings. The molecular weight excluding hydrogens is 270 g/mol. The van der Waals surface area contributed by atoms with Gasteiger partial charge in [0.25, 0.3) is 0 Å². The summed E-state index contributed by atoms with van der Waals surface area (Å²) in [4.78, 5) is 3.82. The van der Waals surface area contributed by atoms with Gasteiger partial charge in [-0.2, -0.15) is 5.10 Å². The van der Waals surface area contributed by atoms with Crippen molar-refractivity contribution in [3.63, 3.8) is 0 Å². The van der Waals surface area contributed by atoms with E-state index >= 15 is 0 Å². The number of thiophene rings is 1. The largest absolute Gasteiger partial charge is 0.396 e. The summed E-state index contributed by atoms with van der Waals surface area (Å²) in [5.41, 5.74) is 0. The van der Waals surface area contributed by atoms with Gasteiger partial charge in [0.05, 0.1) is 6.67 Å². The molecule has 0 fully saturated rings. The molecular formula is C15H23N3OS. The third-order valence-electron chi connectivity index (χ3n) is 3.25. The van der Waals surface area contributed by atoms with E-state index in [2.05, 4.69) is 27.5 Å². The summed E-state index contributed by atoms with van der Waals surface area (Å²) in [7, 11) is 0. The normalized spacial score (nSPS) is 11.3. The zero-order chi connectivity index (χ0) is 14.0. The molecule has 2 aromatic heterocycles. The summed E-state index contributed by atoms with van der Waals surface area (Å²) in [5, 5.41) is 15.2. The summed E-state index contributed by atoms with van der Waals surface area (Å²) in [6, 6.07) is 6.25. The molecule has 0 spiro atoms. The Balaban J connectivity index is 1.80. The van der Waals surface area contributed by atoms with Gasteiger partial charge >= 0.3 is 0 Å². The first-order chi connectivity index (χ1) is 9.88. The van der Waals surface area contributed by atoms with E-state index in [0.29, 0.717) is 6.61 Å². The molecule has 0 bridgehead atoms. The smallest absolute Gasteiger partial charge is 0.0931 e. The van der Waals surface area contributed by atoms with Crippen molar-refractivity contribution in [2.75, 3.05) is 13.2 Å². The van der Waals surface area contributed by atoms with Crippen molar-refractivity contribution >= 4 is 11.3 Å². The first-order valence-electron chi connectivity index (χ1n) is 7.21. The maximum atomic E-state index is 8.80. The molecule has 4 nitrogen and oxygen atoms in total. The highest BCUT2D eigenvalue weighted by molar-refractivity contribution is 7.09. The molecule has 0 aliphatic carbocycles. The van der Waals surface area contributed by atoms with E-state index in [4.69, 9.17) is 5.11 Å². The lowest BCUT2D eigenvalue weighted by Gasteiger charge is -2.21. The molecule has 2 rings (SSSR count). The molecule has 2 aromatic rings. The van der Waals surface area contributed by atoms with E-state index in [1.165, 1.54) is 17.7 Å². The third kappa shape index (κ3) is 5.45. The molecule has 110 valence electrons. The van der Waals surface area contributed by atoms with Gasteiger partial charge in [0.15, 0.2) is 0 Å². The summed E-state index contributed by atoms with van der Waals surface area (Å²) >= 11 is 1.81. The van der Waals surface area contributed by atoms with Crippen LogP contribution in [-0.2, 0) is 13.2 Å². The zero-order valence-electron chi connectivity index (χ0n) is 11.8. The Labute approximate surface area is 124 Å². The molecule has 5 heteroatoms. The standard InChI is InChI=1S/C15H23N3OS/c19-11-4-2-1-3-9-17(13-15-7-5-12-20-15)14-18-10-6-8-16-18/h5-8,10,12,19H,1-4,9,11,13-14H2. The number of hydrogen-bond donors (Lipinski definition) is 1. The van der Waals surface area contributed by atoms with Crippen LogP contribution in [0.4, 0.5) is 0 Å². The summed E-state index contributed by atoms with van der Waals surface area (Å²) in [5.74, 6) is 0. The van der Waals surface area contributed by atoms with Crippen LogP contribution in [0, 0.1) is 0 Å². The van der Waals surface area contributed by atoms with E-state index in [1.807, 2.05) is 23.1 Å². The van der Waals surface area contributed by atoms with Crippen LogP contribution in [0.25, 0.3) is 0 Å². The van der Waals surface area contributed by atoms with Crippen molar-refractivity contribution in [2.24, 2.45) is 0 Å². The van der Waals surface area contributed by atoms with Crippen molar-refractivity contribution in [3.05, 3.63) is 40.8 Å². The number of unbranched alkanes of at least 4 members (excludes halogenated alkanes) is 3. The van der Waals surface area contributed by atoms with Crippen molar-refractivity contribution in [2.45, 2.75) is 38.9 Å². The lowest BCUT2D eigenvalue weighted by Crippen LogP contribution is -2.27. The predicted molar refractivity (Wildman–Crippen MR) is 82.5 cm³/mol. The van der Waals surface area contributed by atoms with Crippen LogP contribution in [0.2, 0.25) is 0 Å². The topological polar surface area (TPSA) is 41.3 Å². The third-order valence-corrected chi connectivity index (χ3v) is 4.11. The number of nitrogens with zero attached hydrogens (tertiary/aromatic N) is 3. The molecule has 20 heavy (non-hydrogen) atoms. The molecule has 0 atom stereocenters. The maximum Gasteiger partial charge on any atom is 0.0931 e. The summed E-state index contributed by atoms with van der Waals surface area (Å²) in [6.45, 7) is 3.21. The monoisotopic (exact) mass is 293 g/mol. The lowest BCUT2D eigenvalue weighted by molar-refractivity contribution is 0.195. The molecule has 2 heterocycles. The number of aliphatic hydroxyl groups excluding tert-OH is 1. The van der Waals surface area contributed by atoms with Gasteiger partial charge < -0.3 is 5.11 Å². The van der Waals surface area contributed by atoms with Crippen LogP contribution >= 0.6 is 11.3 Å². The second-order valence-electron chi connectivity index (χ2n) is 4.96. The van der Waals surface area contributed by atoms with Crippen LogP contribution in [-0.4, -0.2) is 32.9 Å². The minimum Gasteiger partial charge on any atom is -0.396 e. The Morgan fingerprint density at radius 2 is 2.10 bits per heavy atom. The van der Waals surface area contributed by atoms with Gasteiger partial charge in [0, 0.05) is 37.0 Å². The minimum atomic E-state index is 0.312. The van der Waals surface area contributed by atoms with Crippen molar-refractivity contribution in [1.29, 1.82) is 0 Å².